The van der Waals surface area contributed by atoms with E-state index in [1.165, 1.54) is 49.7 Å². The predicted octanol–water partition coefficient (Wildman–Crippen LogP) is 2.95. The lowest BCUT2D eigenvalue weighted by molar-refractivity contribution is 0.166. The molecule has 1 aromatic carbocycles. The molecule has 0 bridgehead atoms. The van der Waals surface area contributed by atoms with Gasteiger partial charge in [-0.1, -0.05) is 12.1 Å². The quantitative estimate of drug-likeness (QED) is 0.937. The predicted molar refractivity (Wildman–Crippen MR) is 86.2 cm³/mol. The Balaban J connectivity index is 1.39. The van der Waals surface area contributed by atoms with Gasteiger partial charge in [-0.2, -0.15) is 0 Å². The summed E-state index contributed by atoms with van der Waals surface area (Å²) in [6.07, 6.45) is 7.28. The SMILES string of the molecule is c1cnc2ccc(CNC3CCN4CCCC4C3)cc2c1. The Labute approximate surface area is 126 Å². The number of nitrogens with one attached hydrogen (secondary N) is 1. The lowest BCUT2D eigenvalue weighted by Gasteiger charge is -2.35. The number of pyridine rings is 1. The number of rotatable bonds is 3. The highest BCUT2D eigenvalue weighted by Crippen LogP contribution is 2.27. The van der Waals surface area contributed by atoms with Gasteiger partial charge in [-0.15, -0.1) is 0 Å². The van der Waals surface area contributed by atoms with Gasteiger partial charge < -0.3 is 10.2 Å². The van der Waals surface area contributed by atoms with Crippen molar-refractivity contribution >= 4 is 10.9 Å². The molecule has 21 heavy (non-hydrogen) atoms. The number of benzene rings is 1. The first-order valence-corrected chi connectivity index (χ1v) is 8.19. The maximum Gasteiger partial charge on any atom is 0.0702 e. The second kappa shape index (κ2) is 5.74. The molecule has 2 fully saturated rings. The van der Waals surface area contributed by atoms with E-state index in [0.717, 1.165) is 18.1 Å². The van der Waals surface area contributed by atoms with Crippen LogP contribution in [0.4, 0.5) is 0 Å². The van der Waals surface area contributed by atoms with Crippen LogP contribution >= 0.6 is 0 Å². The lowest BCUT2D eigenvalue weighted by Crippen LogP contribution is -2.45. The fourth-order valence-corrected chi connectivity index (χ4v) is 3.91. The molecule has 0 radical (unpaired) electrons. The maximum atomic E-state index is 4.38. The Bertz CT molecular complexity index is 625. The number of piperidine rings is 1. The molecule has 0 saturated carbocycles. The molecule has 0 spiro atoms. The van der Waals surface area contributed by atoms with Gasteiger partial charge in [0, 0.05) is 30.2 Å². The average Bonchev–Trinajstić information content (AvgIpc) is 3.00. The van der Waals surface area contributed by atoms with E-state index in [2.05, 4.69) is 39.5 Å². The summed E-state index contributed by atoms with van der Waals surface area (Å²) in [5.74, 6) is 0. The first-order chi connectivity index (χ1) is 10.4. The second-order valence-electron chi connectivity index (χ2n) is 6.46. The highest BCUT2D eigenvalue weighted by molar-refractivity contribution is 5.78. The van der Waals surface area contributed by atoms with E-state index in [4.69, 9.17) is 0 Å². The van der Waals surface area contributed by atoms with Gasteiger partial charge in [-0.05, 0) is 62.5 Å². The van der Waals surface area contributed by atoms with Crippen molar-refractivity contribution in [2.75, 3.05) is 13.1 Å². The van der Waals surface area contributed by atoms with Crippen LogP contribution in [0, 0.1) is 0 Å². The third-order valence-corrected chi connectivity index (χ3v) is 5.08. The van der Waals surface area contributed by atoms with Crippen LogP contribution in [0.2, 0.25) is 0 Å². The van der Waals surface area contributed by atoms with Crippen molar-refractivity contribution in [1.29, 1.82) is 0 Å². The Morgan fingerprint density at radius 1 is 1.19 bits per heavy atom. The van der Waals surface area contributed by atoms with E-state index in [0.29, 0.717) is 6.04 Å². The van der Waals surface area contributed by atoms with Gasteiger partial charge in [-0.25, -0.2) is 0 Å². The maximum absolute atomic E-state index is 4.38. The molecular formula is C18H23N3. The minimum atomic E-state index is 0.689. The van der Waals surface area contributed by atoms with Gasteiger partial charge in [0.1, 0.15) is 0 Å². The molecular weight excluding hydrogens is 258 g/mol. The fourth-order valence-electron chi connectivity index (χ4n) is 3.91. The molecule has 3 heteroatoms. The summed E-state index contributed by atoms with van der Waals surface area (Å²) in [5, 5.41) is 5.01. The molecule has 2 aliphatic rings. The molecule has 0 aliphatic carbocycles. The highest BCUT2D eigenvalue weighted by Gasteiger charge is 2.31. The van der Waals surface area contributed by atoms with Gasteiger partial charge in [0.05, 0.1) is 5.52 Å². The van der Waals surface area contributed by atoms with Crippen molar-refractivity contribution in [3.05, 3.63) is 42.1 Å². The van der Waals surface area contributed by atoms with Crippen molar-refractivity contribution < 1.29 is 0 Å². The summed E-state index contributed by atoms with van der Waals surface area (Å²) < 4.78 is 0. The van der Waals surface area contributed by atoms with Gasteiger partial charge in [0.2, 0.25) is 0 Å². The molecule has 4 rings (SSSR count). The van der Waals surface area contributed by atoms with Crippen molar-refractivity contribution in [2.24, 2.45) is 0 Å². The summed E-state index contributed by atoms with van der Waals surface area (Å²) in [7, 11) is 0. The van der Waals surface area contributed by atoms with E-state index in [-0.39, 0.29) is 0 Å². The largest absolute Gasteiger partial charge is 0.310 e. The van der Waals surface area contributed by atoms with E-state index in [1.807, 2.05) is 12.3 Å². The van der Waals surface area contributed by atoms with Gasteiger partial charge in [-0.3, -0.25) is 4.98 Å². The van der Waals surface area contributed by atoms with Crippen molar-refractivity contribution in [3.63, 3.8) is 0 Å². The van der Waals surface area contributed by atoms with Crippen molar-refractivity contribution in [2.45, 2.75) is 44.3 Å². The van der Waals surface area contributed by atoms with Crippen LogP contribution in [0.1, 0.15) is 31.2 Å². The zero-order valence-corrected chi connectivity index (χ0v) is 12.5. The summed E-state index contributed by atoms with van der Waals surface area (Å²) in [4.78, 5) is 7.06. The van der Waals surface area contributed by atoms with E-state index < -0.39 is 0 Å². The van der Waals surface area contributed by atoms with Crippen LogP contribution in [0.3, 0.4) is 0 Å². The number of aromatic nitrogens is 1. The van der Waals surface area contributed by atoms with Crippen LogP contribution in [0.5, 0.6) is 0 Å². The molecule has 1 aromatic heterocycles. The van der Waals surface area contributed by atoms with Crippen LogP contribution in [0.15, 0.2) is 36.5 Å². The molecule has 2 saturated heterocycles. The molecule has 2 unspecified atom stereocenters. The third-order valence-electron chi connectivity index (χ3n) is 5.08. The number of hydrogen-bond donors (Lipinski definition) is 1. The Kier molecular flexibility index (Phi) is 3.62. The average molecular weight is 281 g/mol. The van der Waals surface area contributed by atoms with Gasteiger partial charge in [0.25, 0.3) is 0 Å². The first kappa shape index (κ1) is 13.2. The summed E-state index contributed by atoms with van der Waals surface area (Å²) in [6.45, 7) is 3.58. The minimum absolute atomic E-state index is 0.689. The lowest BCUT2D eigenvalue weighted by atomic mass is 9.97. The third kappa shape index (κ3) is 2.81. The van der Waals surface area contributed by atoms with Crippen LogP contribution in [0.25, 0.3) is 10.9 Å². The molecule has 110 valence electrons. The number of nitrogens with zero attached hydrogens (tertiary/aromatic N) is 2. The number of fused-ring (bicyclic) bond motifs is 2. The van der Waals surface area contributed by atoms with Gasteiger partial charge >= 0.3 is 0 Å². The summed E-state index contributed by atoms with van der Waals surface area (Å²) >= 11 is 0. The second-order valence-corrected chi connectivity index (χ2v) is 6.46. The zero-order chi connectivity index (χ0) is 14.1. The first-order valence-electron chi connectivity index (χ1n) is 8.19. The normalized spacial score (nSPS) is 26.1. The molecule has 2 aliphatic heterocycles. The Hall–Kier alpha value is -1.45. The van der Waals surface area contributed by atoms with E-state index >= 15 is 0 Å². The highest BCUT2D eigenvalue weighted by atomic mass is 15.2. The molecule has 3 nitrogen and oxygen atoms in total. The summed E-state index contributed by atoms with van der Waals surface area (Å²) in [6, 6.07) is 12.3. The topological polar surface area (TPSA) is 28.2 Å². The monoisotopic (exact) mass is 281 g/mol. The van der Waals surface area contributed by atoms with E-state index in [9.17, 15) is 0 Å². The van der Waals surface area contributed by atoms with Crippen molar-refractivity contribution in [1.82, 2.24) is 15.2 Å². The smallest absolute Gasteiger partial charge is 0.0702 e. The Morgan fingerprint density at radius 3 is 3.19 bits per heavy atom. The molecule has 2 aromatic rings. The zero-order valence-electron chi connectivity index (χ0n) is 12.5. The molecule has 0 amide bonds. The van der Waals surface area contributed by atoms with Crippen molar-refractivity contribution in [3.8, 4) is 0 Å². The summed E-state index contributed by atoms with van der Waals surface area (Å²) in [5.41, 5.74) is 2.45. The van der Waals surface area contributed by atoms with Crippen LogP contribution in [-0.4, -0.2) is 35.1 Å². The van der Waals surface area contributed by atoms with E-state index in [1.54, 1.807) is 0 Å². The standard InChI is InChI=1S/C18H23N3/c1-3-15-11-14(5-6-18(15)19-8-1)13-20-16-7-10-21-9-2-4-17(21)12-16/h1,3,5-6,8,11,16-17,20H,2,4,7,9-10,12-13H2. The molecule has 1 N–H and O–H groups in total. The number of hydrogen-bond acceptors (Lipinski definition) is 3. The molecule has 3 heterocycles. The minimum Gasteiger partial charge on any atom is -0.310 e. The van der Waals surface area contributed by atoms with Crippen LogP contribution < -0.4 is 5.32 Å². The fraction of sp³-hybridized carbons (Fsp3) is 0.500. The molecule has 2 atom stereocenters. The van der Waals surface area contributed by atoms with Crippen LogP contribution in [-0.2, 0) is 6.54 Å². The van der Waals surface area contributed by atoms with Gasteiger partial charge in [0.15, 0.2) is 0 Å². The Morgan fingerprint density at radius 2 is 2.19 bits per heavy atom.